The Bertz CT molecular complexity index is 1480. The number of pyridine rings is 1. The molecule has 10 heteroatoms. The molecule has 3 aromatic rings. The average Bonchev–Trinajstić information content (AvgIpc) is 3.02. The fraction of sp³-hybridized carbons (Fsp3) is 0.231. The average molecular weight is 512 g/mol. The van der Waals surface area contributed by atoms with Crippen molar-refractivity contribution < 1.29 is 23.1 Å². The van der Waals surface area contributed by atoms with Gasteiger partial charge in [0.25, 0.3) is 5.91 Å². The number of nitrogens with zero attached hydrogens (tertiary/aromatic N) is 3. The zero-order valence-electron chi connectivity index (χ0n) is 19.0. The number of benzene rings is 2. The molecular weight excluding hydrogens is 491 g/mol. The number of terminal acetylenes is 1. The summed E-state index contributed by atoms with van der Waals surface area (Å²) in [6.45, 7) is 0.415. The Balaban J connectivity index is 1.82. The van der Waals surface area contributed by atoms with Crippen LogP contribution in [0.1, 0.15) is 45.7 Å². The third-order valence-electron chi connectivity index (χ3n) is 6.55. The second-order valence-corrected chi connectivity index (χ2v) is 9.56. The standard InChI is InChI=1S/C26H20F3N3O3S/c1-3-16-7-6-8-17-13-36-20-10-5-4-9-18(20)22(21(16)17)32-14-30(15(2)26(27,28)29)25(35)23-24(34)19(33)11-12-31(23)32/h1,4-12,15,22,34H,13-14H2,2H3/t15-,22+/m1/s1. The van der Waals surface area contributed by atoms with Crippen LogP contribution in [0.2, 0.25) is 0 Å². The Labute approximate surface area is 208 Å². The normalized spacial score (nSPS) is 18.0. The first kappa shape index (κ1) is 23.9. The van der Waals surface area contributed by atoms with Crippen LogP contribution in [0.15, 0.2) is 64.4 Å². The molecule has 0 saturated carbocycles. The molecule has 0 radical (unpaired) electrons. The monoisotopic (exact) mass is 511 g/mol. The number of halogens is 3. The maximum Gasteiger partial charge on any atom is 0.408 e. The van der Waals surface area contributed by atoms with Crippen LogP contribution >= 0.6 is 11.8 Å². The number of aromatic nitrogens is 1. The Morgan fingerprint density at radius 3 is 2.61 bits per heavy atom. The van der Waals surface area contributed by atoms with Gasteiger partial charge >= 0.3 is 6.18 Å². The van der Waals surface area contributed by atoms with E-state index >= 15 is 0 Å². The van der Waals surface area contributed by atoms with E-state index in [0.29, 0.717) is 16.2 Å². The number of carbonyl (C=O) groups is 1. The van der Waals surface area contributed by atoms with Gasteiger partial charge in [-0.05, 0) is 30.2 Å². The molecule has 3 heterocycles. The van der Waals surface area contributed by atoms with Crippen LogP contribution in [0.25, 0.3) is 0 Å². The van der Waals surface area contributed by atoms with Crippen molar-refractivity contribution in [1.29, 1.82) is 0 Å². The predicted molar refractivity (Wildman–Crippen MR) is 129 cm³/mol. The number of hydrogen-bond donors (Lipinski definition) is 1. The van der Waals surface area contributed by atoms with Crippen molar-refractivity contribution in [3.63, 3.8) is 0 Å². The summed E-state index contributed by atoms with van der Waals surface area (Å²) in [5.74, 6) is 1.27. The van der Waals surface area contributed by atoms with E-state index in [0.717, 1.165) is 34.6 Å². The van der Waals surface area contributed by atoms with Gasteiger partial charge in [-0.3, -0.25) is 19.3 Å². The maximum absolute atomic E-state index is 13.8. The van der Waals surface area contributed by atoms with Gasteiger partial charge in [-0.2, -0.15) is 13.2 Å². The van der Waals surface area contributed by atoms with Crippen LogP contribution in [0, 0.1) is 12.3 Å². The summed E-state index contributed by atoms with van der Waals surface area (Å²) in [7, 11) is 0. The van der Waals surface area contributed by atoms with Crippen molar-refractivity contribution in [3.05, 3.63) is 92.9 Å². The van der Waals surface area contributed by atoms with Crippen molar-refractivity contribution in [2.75, 3.05) is 11.7 Å². The highest BCUT2D eigenvalue weighted by molar-refractivity contribution is 7.98. The highest BCUT2D eigenvalue weighted by Gasteiger charge is 2.47. The number of thioether (sulfide) groups is 1. The van der Waals surface area contributed by atoms with Gasteiger partial charge < -0.3 is 10.0 Å². The van der Waals surface area contributed by atoms with Gasteiger partial charge in [0, 0.05) is 34.0 Å². The molecule has 2 aliphatic heterocycles. The van der Waals surface area contributed by atoms with E-state index in [9.17, 15) is 27.9 Å². The quantitative estimate of drug-likeness (QED) is 0.522. The van der Waals surface area contributed by atoms with Crippen LogP contribution < -0.4 is 10.4 Å². The van der Waals surface area contributed by atoms with Crippen LogP contribution in [0.3, 0.4) is 0 Å². The molecule has 2 aromatic carbocycles. The summed E-state index contributed by atoms with van der Waals surface area (Å²) in [6, 6.07) is 11.2. The van der Waals surface area contributed by atoms with E-state index in [4.69, 9.17) is 6.42 Å². The molecule has 184 valence electrons. The summed E-state index contributed by atoms with van der Waals surface area (Å²) in [4.78, 5) is 27.0. The van der Waals surface area contributed by atoms with Crippen LogP contribution in [0.5, 0.6) is 5.75 Å². The lowest BCUT2D eigenvalue weighted by Gasteiger charge is -2.46. The van der Waals surface area contributed by atoms with E-state index in [1.807, 2.05) is 36.4 Å². The third kappa shape index (κ3) is 3.71. The molecule has 36 heavy (non-hydrogen) atoms. The lowest BCUT2D eigenvalue weighted by molar-refractivity contribution is -0.173. The second-order valence-electron chi connectivity index (χ2n) is 8.55. The summed E-state index contributed by atoms with van der Waals surface area (Å²) < 4.78 is 42.7. The lowest BCUT2D eigenvalue weighted by atomic mass is 9.90. The number of fused-ring (bicyclic) bond motifs is 3. The summed E-state index contributed by atoms with van der Waals surface area (Å²) in [5, 5.41) is 12.1. The van der Waals surface area contributed by atoms with Crippen LogP contribution in [-0.2, 0) is 5.75 Å². The molecule has 6 nitrogen and oxygen atoms in total. The van der Waals surface area contributed by atoms with Crippen molar-refractivity contribution >= 4 is 17.7 Å². The number of amides is 1. The number of rotatable bonds is 2. The first-order chi connectivity index (χ1) is 17.1. The molecule has 5 rings (SSSR count). The molecular formula is C26H20F3N3O3S. The van der Waals surface area contributed by atoms with E-state index in [1.165, 1.54) is 10.9 Å². The van der Waals surface area contributed by atoms with Gasteiger partial charge in [-0.15, -0.1) is 18.2 Å². The molecule has 1 N–H and O–H groups in total. The smallest absolute Gasteiger partial charge is 0.408 e. The Hall–Kier alpha value is -3.84. The largest absolute Gasteiger partial charge is 0.502 e. The number of hydrogen-bond acceptors (Lipinski definition) is 5. The fourth-order valence-electron chi connectivity index (χ4n) is 4.68. The molecule has 0 fully saturated rings. The van der Waals surface area contributed by atoms with Gasteiger partial charge in [0.1, 0.15) is 18.8 Å². The Morgan fingerprint density at radius 2 is 1.89 bits per heavy atom. The zero-order valence-corrected chi connectivity index (χ0v) is 19.8. The second kappa shape index (κ2) is 8.68. The number of aromatic hydroxyl groups is 1. The van der Waals surface area contributed by atoms with Gasteiger partial charge in [-0.25, -0.2) is 0 Å². The summed E-state index contributed by atoms with van der Waals surface area (Å²) in [5.41, 5.74) is 1.57. The minimum Gasteiger partial charge on any atom is -0.502 e. The molecule has 1 aromatic heterocycles. The van der Waals surface area contributed by atoms with Crippen LogP contribution in [-0.4, -0.2) is 39.5 Å². The molecule has 0 aliphatic carbocycles. The van der Waals surface area contributed by atoms with Gasteiger partial charge in [0.2, 0.25) is 5.43 Å². The van der Waals surface area contributed by atoms with E-state index < -0.39 is 47.7 Å². The van der Waals surface area contributed by atoms with Crippen LogP contribution in [0.4, 0.5) is 13.2 Å². The summed E-state index contributed by atoms with van der Waals surface area (Å²) >= 11 is 1.57. The van der Waals surface area contributed by atoms with Crippen molar-refractivity contribution in [1.82, 2.24) is 9.58 Å². The highest BCUT2D eigenvalue weighted by atomic mass is 32.2. The molecule has 2 aliphatic rings. The molecule has 2 atom stereocenters. The van der Waals surface area contributed by atoms with Crippen molar-refractivity contribution in [2.24, 2.45) is 0 Å². The molecule has 0 spiro atoms. The van der Waals surface area contributed by atoms with Gasteiger partial charge in [0.05, 0.1) is 0 Å². The summed E-state index contributed by atoms with van der Waals surface area (Å²) in [6.07, 6.45) is 2.42. The van der Waals surface area contributed by atoms with Gasteiger partial charge in [0.15, 0.2) is 11.4 Å². The molecule has 0 bridgehead atoms. The zero-order chi connectivity index (χ0) is 25.8. The Morgan fingerprint density at radius 1 is 1.14 bits per heavy atom. The predicted octanol–water partition coefficient (Wildman–Crippen LogP) is 4.23. The highest BCUT2D eigenvalue weighted by Crippen LogP contribution is 2.44. The minimum absolute atomic E-state index is 0.461. The van der Waals surface area contributed by atoms with E-state index in [1.54, 1.807) is 22.8 Å². The SMILES string of the molecule is C#Cc1cccc2c1[C@@H](N1CN([C@H](C)C(F)(F)F)C(=O)c3c(O)c(=O)ccn31)c1ccccc1SC2. The first-order valence-electron chi connectivity index (χ1n) is 11.0. The topological polar surface area (TPSA) is 65.8 Å². The maximum atomic E-state index is 13.8. The van der Waals surface area contributed by atoms with Crippen molar-refractivity contribution in [3.8, 4) is 18.1 Å². The Kier molecular flexibility index (Phi) is 5.75. The third-order valence-corrected chi connectivity index (χ3v) is 7.69. The van der Waals surface area contributed by atoms with E-state index in [2.05, 4.69) is 5.92 Å². The fourth-order valence-corrected chi connectivity index (χ4v) is 5.77. The number of carbonyl (C=O) groups excluding carboxylic acids is 1. The van der Waals surface area contributed by atoms with E-state index in [-0.39, 0.29) is 0 Å². The molecule has 0 saturated heterocycles. The molecule has 0 unspecified atom stereocenters. The lowest BCUT2D eigenvalue weighted by Crippen LogP contribution is -2.60. The number of alkyl halides is 3. The minimum atomic E-state index is -4.73. The van der Waals surface area contributed by atoms with Gasteiger partial charge in [-0.1, -0.05) is 36.3 Å². The molecule has 1 amide bonds. The first-order valence-corrected chi connectivity index (χ1v) is 12.0. The van der Waals surface area contributed by atoms with Crippen molar-refractivity contribution in [2.45, 2.75) is 35.8 Å².